The number of nitrogens with zero attached hydrogens (tertiary/aromatic N) is 1. The maximum absolute atomic E-state index is 12.8. The van der Waals surface area contributed by atoms with Gasteiger partial charge in [-0.1, -0.05) is 61.3 Å². The van der Waals surface area contributed by atoms with Crippen LogP contribution in [-0.2, 0) is 16.0 Å². The summed E-state index contributed by atoms with van der Waals surface area (Å²) in [5, 5.41) is 11.5. The Morgan fingerprint density at radius 3 is 2.29 bits per heavy atom. The number of hydrogen-bond donors (Lipinski definition) is 1. The number of likely N-dealkylation sites (tertiary alicyclic amines) is 1. The lowest BCUT2D eigenvalue weighted by Gasteiger charge is -2.25. The molecule has 0 aromatic heterocycles. The molecule has 4 nitrogen and oxygen atoms in total. The number of ketones is 1. The van der Waals surface area contributed by atoms with Crippen LogP contribution in [-0.4, -0.2) is 28.2 Å². The number of aryl methyl sites for hydroxylation is 1. The van der Waals surface area contributed by atoms with Gasteiger partial charge < -0.3 is 10.0 Å². The van der Waals surface area contributed by atoms with E-state index in [4.69, 9.17) is 23.2 Å². The van der Waals surface area contributed by atoms with E-state index in [2.05, 4.69) is 6.92 Å². The molecule has 0 bridgehead atoms. The van der Waals surface area contributed by atoms with Gasteiger partial charge in [-0.25, -0.2) is 0 Å². The third-order valence-corrected chi connectivity index (χ3v) is 5.64. The molecule has 2 aromatic carbocycles. The standard InChI is InChI=1S/C22H21Cl2NO3/c1-3-11-25-19(14-7-5-13(4-2)6-8-14)18(21(27)22(25)28)20(26)15-9-10-16(23)17(24)12-15/h5-10,12,19,26H,3-4,11H2,1-2H3/b20-18-. The van der Waals surface area contributed by atoms with Crippen LogP contribution in [0.15, 0.2) is 48.0 Å². The van der Waals surface area contributed by atoms with Gasteiger partial charge in [0, 0.05) is 12.1 Å². The molecule has 1 saturated heterocycles. The molecule has 2 aromatic rings. The third-order valence-electron chi connectivity index (χ3n) is 4.90. The minimum Gasteiger partial charge on any atom is -0.507 e. The Hall–Kier alpha value is -2.30. The molecule has 0 saturated carbocycles. The van der Waals surface area contributed by atoms with E-state index in [1.54, 1.807) is 12.1 Å². The first-order valence-electron chi connectivity index (χ1n) is 9.21. The van der Waals surface area contributed by atoms with Gasteiger partial charge in [0.1, 0.15) is 5.76 Å². The van der Waals surface area contributed by atoms with Gasteiger partial charge in [0.15, 0.2) is 0 Å². The summed E-state index contributed by atoms with van der Waals surface area (Å²) in [6.45, 7) is 4.42. The van der Waals surface area contributed by atoms with E-state index < -0.39 is 17.7 Å². The second-order valence-electron chi connectivity index (χ2n) is 6.72. The van der Waals surface area contributed by atoms with Crippen molar-refractivity contribution in [2.24, 2.45) is 0 Å². The average molecular weight is 418 g/mol. The molecule has 0 aliphatic carbocycles. The first kappa shape index (κ1) is 20.4. The Morgan fingerprint density at radius 1 is 1.04 bits per heavy atom. The first-order valence-corrected chi connectivity index (χ1v) is 9.97. The smallest absolute Gasteiger partial charge is 0.295 e. The van der Waals surface area contributed by atoms with E-state index in [-0.39, 0.29) is 16.4 Å². The number of halogens is 2. The van der Waals surface area contributed by atoms with Crippen LogP contribution in [0, 0.1) is 0 Å². The van der Waals surface area contributed by atoms with Gasteiger partial charge in [0.2, 0.25) is 0 Å². The molecule has 6 heteroatoms. The highest BCUT2D eigenvalue weighted by Crippen LogP contribution is 2.40. The number of rotatable bonds is 5. The van der Waals surface area contributed by atoms with Gasteiger partial charge in [0.05, 0.1) is 21.7 Å². The quantitative estimate of drug-likeness (QED) is 0.403. The second kappa shape index (κ2) is 8.38. The summed E-state index contributed by atoms with van der Waals surface area (Å²) in [6, 6.07) is 11.7. The molecule has 1 aliphatic heterocycles. The van der Waals surface area contributed by atoms with Crippen molar-refractivity contribution in [1.29, 1.82) is 0 Å². The van der Waals surface area contributed by atoms with Crippen LogP contribution < -0.4 is 0 Å². The Bertz CT molecular complexity index is 951. The monoisotopic (exact) mass is 417 g/mol. The van der Waals surface area contributed by atoms with Crippen molar-refractivity contribution in [3.05, 3.63) is 74.8 Å². The summed E-state index contributed by atoms with van der Waals surface area (Å²) in [4.78, 5) is 27.0. The molecule has 1 heterocycles. The van der Waals surface area contributed by atoms with Crippen molar-refractivity contribution in [1.82, 2.24) is 4.90 Å². The van der Waals surface area contributed by atoms with Crippen molar-refractivity contribution in [3.63, 3.8) is 0 Å². The number of aliphatic hydroxyl groups excluding tert-OH is 1. The van der Waals surface area contributed by atoms with Gasteiger partial charge in [-0.2, -0.15) is 0 Å². The van der Waals surface area contributed by atoms with E-state index >= 15 is 0 Å². The van der Waals surface area contributed by atoms with Gasteiger partial charge in [-0.05, 0) is 42.2 Å². The van der Waals surface area contributed by atoms with Gasteiger partial charge in [-0.3, -0.25) is 9.59 Å². The Kier molecular flexibility index (Phi) is 6.11. The molecule has 146 valence electrons. The number of carbonyl (C=O) groups is 2. The van der Waals surface area contributed by atoms with E-state index in [9.17, 15) is 14.7 Å². The molecule has 1 atom stereocenters. The first-order chi connectivity index (χ1) is 13.4. The van der Waals surface area contributed by atoms with E-state index in [0.717, 1.165) is 17.5 Å². The summed E-state index contributed by atoms with van der Waals surface area (Å²) in [5.74, 6) is -1.55. The molecule has 1 amide bonds. The lowest BCUT2D eigenvalue weighted by molar-refractivity contribution is -0.139. The van der Waals surface area contributed by atoms with Gasteiger partial charge in [0.25, 0.3) is 11.7 Å². The van der Waals surface area contributed by atoms with Crippen molar-refractivity contribution in [2.75, 3.05) is 6.54 Å². The van der Waals surface area contributed by atoms with E-state index in [1.807, 2.05) is 31.2 Å². The predicted molar refractivity (Wildman–Crippen MR) is 112 cm³/mol. The molecule has 1 aliphatic rings. The molecule has 1 N–H and O–H groups in total. The molecule has 3 rings (SSSR count). The number of benzene rings is 2. The summed E-state index contributed by atoms with van der Waals surface area (Å²) >= 11 is 12.0. The second-order valence-corrected chi connectivity index (χ2v) is 7.53. The number of amides is 1. The fraction of sp³-hybridized carbons (Fsp3) is 0.273. The molecular formula is C22H21Cl2NO3. The van der Waals surface area contributed by atoms with Crippen LogP contribution in [0.3, 0.4) is 0 Å². The Labute approximate surface area is 174 Å². The molecular weight excluding hydrogens is 397 g/mol. The van der Waals surface area contributed by atoms with Gasteiger partial charge >= 0.3 is 0 Å². The normalized spacial score (nSPS) is 18.7. The molecule has 28 heavy (non-hydrogen) atoms. The largest absolute Gasteiger partial charge is 0.507 e. The van der Waals surface area contributed by atoms with E-state index in [1.165, 1.54) is 11.0 Å². The van der Waals surface area contributed by atoms with Crippen LogP contribution in [0.5, 0.6) is 0 Å². The zero-order valence-electron chi connectivity index (χ0n) is 15.7. The van der Waals surface area contributed by atoms with Crippen molar-refractivity contribution in [3.8, 4) is 0 Å². The van der Waals surface area contributed by atoms with Crippen molar-refractivity contribution < 1.29 is 14.7 Å². The molecule has 0 spiro atoms. The Balaban J connectivity index is 2.17. The minimum atomic E-state index is -0.693. The maximum Gasteiger partial charge on any atom is 0.295 e. The van der Waals surface area contributed by atoms with Gasteiger partial charge in [-0.15, -0.1) is 0 Å². The summed E-state index contributed by atoms with van der Waals surface area (Å²) in [6.07, 6.45) is 1.59. The number of aliphatic hydroxyl groups is 1. The van der Waals surface area contributed by atoms with Crippen LogP contribution in [0.1, 0.15) is 43.0 Å². The number of Topliss-reactive ketones (excluding diaryl/α,β-unsaturated/α-hetero) is 1. The Morgan fingerprint density at radius 2 is 1.71 bits per heavy atom. The minimum absolute atomic E-state index is 0.0705. The molecule has 0 radical (unpaired) electrons. The van der Waals surface area contributed by atoms with Crippen LogP contribution in [0.25, 0.3) is 5.76 Å². The fourth-order valence-corrected chi connectivity index (χ4v) is 3.73. The summed E-state index contributed by atoms with van der Waals surface area (Å²) in [5.41, 5.74) is 2.35. The number of hydrogen-bond acceptors (Lipinski definition) is 3. The molecule has 1 fully saturated rings. The fourth-order valence-electron chi connectivity index (χ4n) is 3.43. The lowest BCUT2D eigenvalue weighted by atomic mass is 9.94. The maximum atomic E-state index is 12.8. The zero-order chi connectivity index (χ0) is 20.4. The highest BCUT2D eigenvalue weighted by atomic mass is 35.5. The highest BCUT2D eigenvalue weighted by molar-refractivity contribution is 6.46. The van der Waals surface area contributed by atoms with Crippen LogP contribution in [0.2, 0.25) is 10.0 Å². The summed E-state index contributed by atoms with van der Waals surface area (Å²) in [7, 11) is 0. The predicted octanol–water partition coefficient (Wildman–Crippen LogP) is 5.39. The number of carbonyl (C=O) groups excluding carboxylic acids is 2. The van der Waals surface area contributed by atoms with Crippen molar-refractivity contribution >= 4 is 40.7 Å². The summed E-state index contributed by atoms with van der Waals surface area (Å²) < 4.78 is 0. The highest BCUT2D eigenvalue weighted by Gasteiger charge is 2.45. The zero-order valence-corrected chi connectivity index (χ0v) is 17.2. The SMILES string of the molecule is CCCN1C(=O)C(=O)/C(=C(\O)c2ccc(Cl)c(Cl)c2)C1c1ccc(CC)cc1. The average Bonchev–Trinajstić information content (AvgIpc) is 2.95. The third kappa shape index (κ3) is 3.67. The topological polar surface area (TPSA) is 57.6 Å². The van der Waals surface area contributed by atoms with E-state index in [0.29, 0.717) is 23.6 Å². The van der Waals surface area contributed by atoms with Crippen molar-refractivity contribution in [2.45, 2.75) is 32.7 Å². The van der Waals surface area contributed by atoms with Crippen LogP contribution in [0.4, 0.5) is 0 Å². The van der Waals surface area contributed by atoms with Crippen LogP contribution >= 0.6 is 23.2 Å². The molecule has 1 unspecified atom stereocenters. The lowest BCUT2D eigenvalue weighted by Crippen LogP contribution is -2.30.